The van der Waals surface area contributed by atoms with Crippen LogP contribution in [0.2, 0.25) is 0 Å². The van der Waals surface area contributed by atoms with Gasteiger partial charge >= 0.3 is 0 Å². The van der Waals surface area contributed by atoms with Crippen molar-refractivity contribution in [1.82, 2.24) is 0 Å². The third-order valence-electron chi connectivity index (χ3n) is 3.13. The molecule has 0 rings (SSSR count). The van der Waals surface area contributed by atoms with Gasteiger partial charge in [-0.2, -0.15) is 26.3 Å². The van der Waals surface area contributed by atoms with Gasteiger partial charge in [0.25, 0.3) is 0 Å². The summed E-state index contributed by atoms with van der Waals surface area (Å²) in [5, 5.41) is 43.2. The summed E-state index contributed by atoms with van der Waals surface area (Å²) < 4.78 is 0. The fraction of sp³-hybridized carbons (Fsp3) is 0.588. The maximum absolute atomic E-state index is 9.07. The van der Waals surface area contributed by atoms with Gasteiger partial charge in [0.1, 0.15) is 0 Å². The summed E-state index contributed by atoms with van der Waals surface area (Å²) in [6.07, 6.45) is 3.37. The smallest absolute Gasteiger partial charge is 0.0905 e. The number of nitrogens with zero attached hydrogens (tertiary/aromatic N) is 5. The lowest BCUT2D eigenvalue weighted by molar-refractivity contribution is 0.391. The van der Waals surface area contributed by atoms with Crippen molar-refractivity contribution >= 4 is 0 Å². The summed E-state index contributed by atoms with van der Waals surface area (Å²) >= 11 is 0. The van der Waals surface area contributed by atoms with Crippen LogP contribution in [0, 0.1) is 80.3 Å². The number of hydrogen-bond acceptors (Lipinski definition) is 5. The largest absolute Gasteiger partial charge is 0.198 e. The quantitative estimate of drug-likeness (QED) is 0.661. The molecule has 0 aliphatic heterocycles. The minimum atomic E-state index is -0.277. The topological polar surface area (TPSA) is 119 Å². The van der Waals surface area contributed by atoms with Gasteiger partial charge in [0.15, 0.2) is 0 Å². The highest BCUT2D eigenvalue weighted by molar-refractivity contribution is 4.97. The fourth-order valence-corrected chi connectivity index (χ4v) is 1.88. The van der Waals surface area contributed by atoms with E-state index >= 15 is 0 Å². The molecule has 0 radical (unpaired) electrons. The van der Waals surface area contributed by atoms with E-state index in [1.165, 1.54) is 6.08 Å². The van der Waals surface area contributed by atoms with Gasteiger partial charge in [-0.1, -0.05) is 13.5 Å². The molecule has 0 amide bonds. The molecule has 0 saturated carbocycles. The Morgan fingerprint density at radius 3 is 1.55 bits per heavy atom. The molecule has 0 heterocycles. The molecule has 0 aromatic rings. The number of hydrogen-bond donors (Lipinski definition) is 0. The molecule has 0 saturated heterocycles. The lowest BCUT2D eigenvalue weighted by atomic mass is 9.84. The summed E-state index contributed by atoms with van der Waals surface area (Å²) in [5.41, 5.74) is 0. The second-order valence-electron chi connectivity index (χ2n) is 4.96. The van der Waals surface area contributed by atoms with Crippen LogP contribution >= 0.6 is 0 Å². The molecule has 4 atom stereocenters. The summed E-state index contributed by atoms with van der Waals surface area (Å²) in [6, 6.07) is 10.3. The van der Waals surface area contributed by atoms with Gasteiger partial charge in [0.05, 0.1) is 30.3 Å². The Morgan fingerprint density at radius 1 is 0.818 bits per heavy atom. The van der Waals surface area contributed by atoms with Crippen LogP contribution in [0.4, 0.5) is 0 Å². The maximum Gasteiger partial charge on any atom is 0.0905 e. The molecule has 0 N–H and O–H groups in total. The van der Waals surface area contributed by atoms with Crippen molar-refractivity contribution < 1.29 is 0 Å². The van der Waals surface area contributed by atoms with Crippen molar-refractivity contribution in [2.75, 3.05) is 0 Å². The Kier molecular flexibility index (Phi) is 14.3. The van der Waals surface area contributed by atoms with Crippen molar-refractivity contribution in [3.63, 3.8) is 0 Å². The van der Waals surface area contributed by atoms with Crippen molar-refractivity contribution in [2.24, 2.45) is 23.7 Å². The summed E-state index contributed by atoms with van der Waals surface area (Å²) in [7, 11) is 0. The van der Waals surface area contributed by atoms with Crippen molar-refractivity contribution in [3.8, 4) is 30.3 Å². The Bertz CT molecular complexity index is 518. The molecular formula is C17H21N5. The fourth-order valence-electron chi connectivity index (χ4n) is 1.88. The van der Waals surface area contributed by atoms with E-state index in [-0.39, 0.29) is 23.7 Å². The number of allylic oxidation sites excluding steroid dienone is 1. The average Bonchev–Trinajstić information content (AvgIpc) is 2.57. The first-order valence-corrected chi connectivity index (χ1v) is 7.11. The molecule has 0 aromatic heterocycles. The molecule has 0 bridgehead atoms. The van der Waals surface area contributed by atoms with E-state index in [1.54, 1.807) is 13.0 Å². The third kappa shape index (κ3) is 11.1. The van der Waals surface area contributed by atoms with E-state index in [0.717, 1.165) is 6.42 Å². The zero-order valence-corrected chi connectivity index (χ0v) is 13.2. The summed E-state index contributed by atoms with van der Waals surface area (Å²) in [5.74, 6) is -0.847. The minimum Gasteiger partial charge on any atom is -0.198 e. The normalized spacial score (nSPS) is 13.9. The molecule has 22 heavy (non-hydrogen) atoms. The highest BCUT2D eigenvalue weighted by atomic mass is 14.4. The van der Waals surface area contributed by atoms with E-state index in [1.807, 2.05) is 6.92 Å². The molecule has 4 unspecified atom stereocenters. The molecule has 0 aliphatic rings. The zero-order valence-electron chi connectivity index (χ0n) is 13.2. The van der Waals surface area contributed by atoms with E-state index in [4.69, 9.17) is 26.3 Å². The third-order valence-corrected chi connectivity index (χ3v) is 3.13. The number of rotatable bonds is 7. The van der Waals surface area contributed by atoms with Gasteiger partial charge in [-0.15, -0.1) is 0 Å². The maximum atomic E-state index is 9.07. The lowest BCUT2D eigenvalue weighted by Crippen LogP contribution is -2.12. The van der Waals surface area contributed by atoms with Gasteiger partial charge in [0.2, 0.25) is 0 Å². The monoisotopic (exact) mass is 295 g/mol. The Labute approximate surface area is 133 Å². The molecule has 0 fully saturated rings. The van der Waals surface area contributed by atoms with Crippen LogP contribution in [0.25, 0.3) is 0 Å². The second-order valence-corrected chi connectivity index (χ2v) is 4.96. The first-order chi connectivity index (χ1) is 10.5. The lowest BCUT2D eigenvalue weighted by Gasteiger charge is -2.16. The zero-order chi connectivity index (χ0) is 17.4. The van der Waals surface area contributed by atoms with E-state index in [2.05, 4.69) is 30.9 Å². The van der Waals surface area contributed by atoms with Crippen LogP contribution in [0.15, 0.2) is 12.7 Å². The van der Waals surface area contributed by atoms with Gasteiger partial charge in [0, 0.05) is 29.7 Å². The van der Waals surface area contributed by atoms with E-state index < -0.39 is 0 Å². The van der Waals surface area contributed by atoms with Crippen LogP contribution in [-0.2, 0) is 0 Å². The minimum absolute atomic E-state index is 0.123. The first-order valence-electron chi connectivity index (χ1n) is 7.11. The SMILES string of the molecule is C=CC#N.CCC(C#N)CC(C#N)CC(C#N)CC(C)C#N. The highest BCUT2D eigenvalue weighted by Gasteiger charge is 2.21. The predicted molar refractivity (Wildman–Crippen MR) is 82.0 cm³/mol. The van der Waals surface area contributed by atoms with E-state index in [9.17, 15) is 0 Å². The highest BCUT2D eigenvalue weighted by Crippen LogP contribution is 2.24. The van der Waals surface area contributed by atoms with Gasteiger partial charge in [-0.05, 0) is 32.6 Å². The predicted octanol–water partition coefficient (Wildman–Crippen LogP) is 3.84. The molecule has 5 nitrogen and oxygen atoms in total. The Balaban J connectivity index is 0. The Hall–Kier alpha value is -2.81. The summed E-state index contributed by atoms with van der Waals surface area (Å²) in [6.45, 7) is 6.81. The standard InChI is InChI=1S/C14H18N4.C3H3N/c1-3-12(8-16)5-14(10-18)6-13(9-17)4-11(2)7-15;1-2-3-4/h11-14H,3-6H2,1-2H3;2H,1H2. The van der Waals surface area contributed by atoms with Crippen LogP contribution in [0.3, 0.4) is 0 Å². The number of nitriles is 5. The Morgan fingerprint density at radius 2 is 1.23 bits per heavy atom. The average molecular weight is 295 g/mol. The van der Waals surface area contributed by atoms with E-state index in [0.29, 0.717) is 19.3 Å². The first kappa shape index (κ1) is 21.5. The van der Waals surface area contributed by atoms with Gasteiger partial charge in [-0.25, -0.2) is 0 Å². The van der Waals surface area contributed by atoms with Crippen LogP contribution in [0.1, 0.15) is 39.5 Å². The van der Waals surface area contributed by atoms with Crippen molar-refractivity contribution in [2.45, 2.75) is 39.5 Å². The van der Waals surface area contributed by atoms with Gasteiger partial charge < -0.3 is 0 Å². The molecule has 114 valence electrons. The van der Waals surface area contributed by atoms with Crippen molar-refractivity contribution in [3.05, 3.63) is 12.7 Å². The molecule has 0 aliphatic carbocycles. The molecule has 0 spiro atoms. The summed E-state index contributed by atoms with van der Waals surface area (Å²) in [4.78, 5) is 0. The molecule has 0 aromatic carbocycles. The van der Waals surface area contributed by atoms with Gasteiger partial charge in [-0.3, -0.25) is 0 Å². The van der Waals surface area contributed by atoms with Crippen LogP contribution in [0.5, 0.6) is 0 Å². The second kappa shape index (κ2) is 14.6. The van der Waals surface area contributed by atoms with Crippen LogP contribution in [-0.4, -0.2) is 0 Å². The van der Waals surface area contributed by atoms with Crippen LogP contribution < -0.4 is 0 Å². The molecular weight excluding hydrogens is 274 g/mol. The molecule has 5 heteroatoms. The van der Waals surface area contributed by atoms with Crippen molar-refractivity contribution in [1.29, 1.82) is 26.3 Å².